The van der Waals surface area contributed by atoms with E-state index in [9.17, 15) is 0 Å². The molecule has 0 radical (unpaired) electrons. The molecule has 112 valence electrons. The average molecular weight is 288 g/mol. The Labute approximate surface area is 135 Å². The molecule has 2 aliphatic carbocycles. The van der Waals surface area contributed by atoms with E-state index in [1.807, 2.05) is 20.8 Å². The number of hydrogen-bond donors (Lipinski definition) is 0. The van der Waals surface area contributed by atoms with Gasteiger partial charge in [0, 0.05) is 22.5 Å². The summed E-state index contributed by atoms with van der Waals surface area (Å²) in [6.45, 7) is 17.5. The van der Waals surface area contributed by atoms with Crippen LogP contribution in [0.3, 0.4) is 0 Å². The first kappa shape index (κ1) is 17.7. The van der Waals surface area contributed by atoms with Crippen LogP contribution in [0.15, 0.2) is 53.6 Å². The molecule has 0 bridgehead atoms. The summed E-state index contributed by atoms with van der Waals surface area (Å²) in [5, 5.41) is 0. The van der Waals surface area contributed by atoms with Crippen LogP contribution in [-0.4, -0.2) is 0 Å². The first-order valence-corrected chi connectivity index (χ1v) is 7.86. The van der Waals surface area contributed by atoms with Crippen LogP contribution in [0.5, 0.6) is 0 Å². The molecule has 0 aromatic carbocycles. The lowest BCUT2D eigenvalue weighted by Crippen LogP contribution is -2.31. The zero-order chi connectivity index (χ0) is 16.6. The molecule has 2 rings (SSSR count). The number of allylic oxidation sites excluding steroid dienone is 3. The monoisotopic (exact) mass is 288 g/mol. The minimum atomic E-state index is -0.0551. The van der Waals surface area contributed by atoms with E-state index in [0.29, 0.717) is 5.92 Å². The van der Waals surface area contributed by atoms with Gasteiger partial charge in [0.2, 0.25) is 0 Å². The van der Waals surface area contributed by atoms with E-state index in [0.717, 1.165) is 36.0 Å². The molecule has 0 aliphatic heterocycles. The molecule has 0 aromatic heterocycles. The summed E-state index contributed by atoms with van der Waals surface area (Å²) in [5.41, 5.74) is 11.9. The Morgan fingerprint density at radius 3 is 2.50 bits per heavy atom. The molecule has 0 amide bonds. The quantitative estimate of drug-likeness (QED) is 0.415. The van der Waals surface area contributed by atoms with Crippen molar-refractivity contribution in [3.63, 3.8) is 0 Å². The van der Waals surface area contributed by atoms with E-state index in [1.165, 1.54) is 6.42 Å². The fraction of sp³-hybridized carbons (Fsp3) is 0.409. The summed E-state index contributed by atoms with van der Waals surface area (Å²) in [4.78, 5) is 0. The molecule has 0 heterocycles. The maximum atomic E-state index is 4.26. The van der Waals surface area contributed by atoms with E-state index < -0.39 is 0 Å². The Kier molecular flexibility index (Phi) is 6.61. The Bertz CT molecular complexity index is 703. The van der Waals surface area contributed by atoms with Crippen molar-refractivity contribution < 1.29 is 0 Å². The molecular weight excluding hydrogens is 264 g/mol. The molecule has 0 N–H and O–H groups in total. The van der Waals surface area contributed by atoms with Gasteiger partial charge in [-0.15, -0.1) is 5.73 Å². The van der Waals surface area contributed by atoms with E-state index >= 15 is 0 Å². The van der Waals surface area contributed by atoms with Crippen LogP contribution in [0.2, 0.25) is 0 Å². The van der Waals surface area contributed by atoms with Crippen molar-refractivity contribution in [2.75, 3.05) is 0 Å². The molecule has 22 heavy (non-hydrogen) atoms. The highest BCUT2D eigenvalue weighted by Crippen LogP contribution is 2.56. The zero-order valence-corrected chi connectivity index (χ0v) is 14.0. The summed E-state index contributed by atoms with van der Waals surface area (Å²) in [5.74, 6) is 12.5. The lowest BCUT2D eigenvalue weighted by atomic mass is 9.63. The van der Waals surface area contributed by atoms with Gasteiger partial charge < -0.3 is 0 Å². The Morgan fingerprint density at radius 1 is 1.18 bits per heavy atom. The summed E-state index contributed by atoms with van der Waals surface area (Å²) in [6, 6.07) is 0. The van der Waals surface area contributed by atoms with Gasteiger partial charge in [0.1, 0.15) is 0 Å². The van der Waals surface area contributed by atoms with E-state index in [2.05, 4.69) is 60.6 Å². The third-order valence-electron chi connectivity index (χ3n) is 4.23. The molecular formula is C22H24. The minimum absolute atomic E-state index is 0.0551. The molecule has 2 aliphatic rings. The molecule has 0 nitrogen and oxygen atoms in total. The zero-order valence-electron chi connectivity index (χ0n) is 14.0. The lowest BCUT2D eigenvalue weighted by Gasteiger charge is -2.38. The highest BCUT2D eigenvalue weighted by molar-refractivity contribution is 5.53. The van der Waals surface area contributed by atoms with Gasteiger partial charge in [-0.1, -0.05) is 56.7 Å². The number of fused-ring (bicyclic) bond motifs is 1. The van der Waals surface area contributed by atoms with Crippen LogP contribution in [-0.2, 0) is 0 Å². The van der Waals surface area contributed by atoms with Crippen LogP contribution in [0.25, 0.3) is 0 Å². The van der Waals surface area contributed by atoms with Gasteiger partial charge in [0.25, 0.3) is 0 Å². The van der Waals surface area contributed by atoms with Gasteiger partial charge in [-0.3, -0.25) is 0 Å². The van der Waals surface area contributed by atoms with Crippen molar-refractivity contribution in [2.45, 2.75) is 46.5 Å². The normalized spacial score (nSPS) is 24.9. The number of hydrogen-bond acceptors (Lipinski definition) is 0. The molecule has 0 spiro atoms. The molecule has 0 heteroatoms. The van der Waals surface area contributed by atoms with Crippen LogP contribution < -0.4 is 0 Å². The molecule has 2 atom stereocenters. The summed E-state index contributed by atoms with van der Waals surface area (Å²) >= 11 is 0. The van der Waals surface area contributed by atoms with Crippen LogP contribution in [0.1, 0.15) is 46.5 Å². The first-order valence-electron chi connectivity index (χ1n) is 7.86. The third kappa shape index (κ3) is 3.29. The van der Waals surface area contributed by atoms with Crippen LogP contribution in [0, 0.1) is 35.0 Å². The highest BCUT2D eigenvalue weighted by Gasteiger charge is 2.48. The van der Waals surface area contributed by atoms with Crippen molar-refractivity contribution in [3.05, 3.63) is 53.6 Å². The van der Waals surface area contributed by atoms with Gasteiger partial charge in [0.05, 0.1) is 0 Å². The van der Waals surface area contributed by atoms with Gasteiger partial charge in [0.15, 0.2) is 0 Å². The summed E-state index contributed by atoms with van der Waals surface area (Å²) in [6.07, 6.45) is 4.23. The van der Waals surface area contributed by atoms with Crippen molar-refractivity contribution in [2.24, 2.45) is 11.3 Å². The molecule has 2 saturated carbocycles. The second-order valence-electron chi connectivity index (χ2n) is 5.26. The van der Waals surface area contributed by atoms with Gasteiger partial charge in [-0.25, -0.2) is 0 Å². The summed E-state index contributed by atoms with van der Waals surface area (Å²) in [7, 11) is 0. The maximum absolute atomic E-state index is 4.26. The fourth-order valence-corrected chi connectivity index (χ4v) is 3.41. The molecule has 0 aromatic rings. The first-order chi connectivity index (χ1) is 10.7. The lowest BCUT2D eigenvalue weighted by molar-refractivity contribution is 0.315. The predicted molar refractivity (Wildman–Crippen MR) is 94.9 cm³/mol. The van der Waals surface area contributed by atoms with Crippen LogP contribution in [0.4, 0.5) is 0 Å². The van der Waals surface area contributed by atoms with Gasteiger partial charge in [-0.2, -0.15) is 0 Å². The van der Waals surface area contributed by atoms with E-state index in [-0.39, 0.29) is 5.41 Å². The van der Waals surface area contributed by atoms with E-state index in [1.54, 1.807) is 0 Å². The predicted octanol–water partition coefficient (Wildman–Crippen LogP) is 5.36. The SMILES string of the molecule is C=C=C=C1CC2(C#CC#CC)CCCC2C(=C)C1=C=C.CC. The van der Waals surface area contributed by atoms with Gasteiger partial charge >= 0.3 is 0 Å². The van der Waals surface area contributed by atoms with Gasteiger partial charge in [-0.05, 0) is 50.2 Å². The maximum Gasteiger partial charge on any atom is 0.0440 e. The Balaban J connectivity index is 0.00000116. The average Bonchev–Trinajstić information content (AvgIpc) is 2.94. The molecule has 2 fully saturated rings. The fourth-order valence-electron chi connectivity index (χ4n) is 3.41. The van der Waals surface area contributed by atoms with Crippen molar-refractivity contribution in [1.82, 2.24) is 0 Å². The van der Waals surface area contributed by atoms with Crippen molar-refractivity contribution >= 4 is 0 Å². The smallest absolute Gasteiger partial charge is 0.0440 e. The molecule has 2 unspecified atom stereocenters. The topological polar surface area (TPSA) is 0 Å². The standard InChI is InChI=1S/C20H18.C2H6/c1-5-8-9-13-20-14-10-12-19(20)16(4)18(7-3)17(15-20)11-6-2;1-2/h19H,2-4,10,12,14-15H2,1H3;1-2H3. The Hall–Kier alpha value is -2.32. The molecule has 0 saturated heterocycles. The minimum Gasteiger partial charge on any atom is -0.120 e. The van der Waals surface area contributed by atoms with E-state index in [4.69, 9.17) is 0 Å². The largest absolute Gasteiger partial charge is 0.120 e. The van der Waals surface area contributed by atoms with Crippen LogP contribution >= 0.6 is 0 Å². The number of rotatable bonds is 0. The van der Waals surface area contributed by atoms with Crippen molar-refractivity contribution in [1.29, 1.82) is 0 Å². The Morgan fingerprint density at radius 2 is 1.91 bits per heavy atom. The highest BCUT2D eigenvalue weighted by atomic mass is 14.5. The van der Waals surface area contributed by atoms with Crippen molar-refractivity contribution in [3.8, 4) is 23.7 Å². The second kappa shape index (κ2) is 8.20. The third-order valence-corrected chi connectivity index (χ3v) is 4.23. The second-order valence-corrected chi connectivity index (χ2v) is 5.26. The summed E-state index contributed by atoms with van der Waals surface area (Å²) < 4.78 is 0.